The van der Waals surface area contributed by atoms with Gasteiger partial charge in [0, 0.05) is 11.5 Å². The molecule has 0 saturated carbocycles. The minimum atomic E-state index is -0.604. The third kappa shape index (κ3) is 1.95. The van der Waals surface area contributed by atoms with Crippen LogP contribution in [0, 0.1) is 0 Å². The molecular formula is C9H10BrN3O2. The minimum Gasteiger partial charge on any atom is -0.390 e. The maximum absolute atomic E-state index is 11.7. The van der Waals surface area contributed by atoms with Crippen LogP contribution < -0.4 is 5.69 Å². The molecule has 5 nitrogen and oxygen atoms in total. The molecule has 1 atom stereocenters. The molecule has 2 aromatic rings. The van der Waals surface area contributed by atoms with Gasteiger partial charge in [-0.15, -0.1) is 5.10 Å². The Labute approximate surface area is 94.1 Å². The van der Waals surface area contributed by atoms with Gasteiger partial charge in [0.15, 0.2) is 5.65 Å². The lowest BCUT2D eigenvalue weighted by atomic mass is 10.4. The van der Waals surface area contributed by atoms with Gasteiger partial charge < -0.3 is 5.11 Å². The maximum Gasteiger partial charge on any atom is 0.350 e. The summed E-state index contributed by atoms with van der Waals surface area (Å²) >= 11 is 3.14. The lowest BCUT2D eigenvalue weighted by Gasteiger charge is -2.03. The van der Waals surface area contributed by atoms with Crippen LogP contribution in [0.5, 0.6) is 0 Å². The zero-order chi connectivity index (χ0) is 10.8. The van der Waals surface area contributed by atoms with E-state index >= 15 is 0 Å². The number of alkyl halides is 1. The SMILES string of the molecule is O=c1n(CC(O)CBr)nc2ccccn12. The zero-order valence-corrected chi connectivity index (χ0v) is 9.46. The Morgan fingerprint density at radius 3 is 3.00 bits per heavy atom. The number of rotatable bonds is 3. The summed E-state index contributed by atoms with van der Waals surface area (Å²) in [6.07, 6.45) is 1.05. The fourth-order valence-corrected chi connectivity index (χ4v) is 1.54. The third-order valence-corrected chi connectivity index (χ3v) is 2.80. The summed E-state index contributed by atoms with van der Waals surface area (Å²) < 4.78 is 2.71. The first-order valence-corrected chi connectivity index (χ1v) is 5.63. The van der Waals surface area contributed by atoms with Crippen molar-refractivity contribution in [2.24, 2.45) is 0 Å². The van der Waals surface area contributed by atoms with E-state index in [1.54, 1.807) is 18.3 Å². The van der Waals surface area contributed by atoms with Crippen LogP contribution in [0.3, 0.4) is 0 Å². The highest BCUT2D eigenvalue weighted by Crippen LogP contribution is 1.97. The van der Waals surface area contributed by atoms with E-state index in [1.165, 1.54) is 9.08 Å². The molecule has 0 saturated heterocycles. The van der Waals surface area contributed by atoms with E-state index in [0.717, 1.165) is 0 Å². The van der Waals surface area contributed by atoms with E-state index in [2.05, 4.69) is 21.0 Å². The number of aliphatic hydroxyl groups excluding tert-OH is 1. The van der Waals surface area contributed by atoms with Crippen molar-refractivity contribution in [1.29, 1.82) is 0 Å². The molecule has 0 radical (unpaired) electrons. The molecule has 1 N–H and O–H groups in total. The average Bonchev–Trinajstić information content (AvgIpc) is 2.57. The molecule has 2 heterocycles. The molecule has 0 amide bonds. The van der Waals surface area contributed by atoms with E-state index in [4.69, 9.17) is 0 Å². The predicted octanol–water partition coefficient (Wildman–Crippen LogP) is 0.252. The molecule has 0 bridgehead atoms. The Hall–Kier alpha value is -1.14. The van der Waals surface area contributed by atoms with Gasteiger partial charge in [0.2, 0.25) is 0 Å². The quantitative estimate of drug-likeness (QED) is 0.815. The first-order chi connectivity index (χ1) is 7.22. The monoisotopic (exact) mass is 271 g/mol. The molecule has 2 rings (SSSR count). The van der Waals surface area contributed by atoms with Gasteiger partial charge in [-0.3, -0.25) is 4.40 Å². The Morgan fingerprint density at radius 1 is 1.53 bits per heavy atom. The van der Waals surface area contributed by atoms with Gasteiger partial charge in [0.1, 0.15) is 0 Å². The van der Waals surface area contributed by atoms with E-state index in [0.29, 0.717) is 11.0 Å². The molecule has 0 aromatic carbocycles. The maximum atomic E-state index is 11.7. The number of hydrogen-bond acceptors (Lipinski definition) is 3. The average molecular weight is 272 g/mol. The minimum absolute atomic E-state index is 0.200. The Morgan fingerprint density at radius 2 is 2.33 bits per heavy atom. The first-order valence-electron chi connectivity index (χ1n) is 4.50. The van der Waals surface area contributed by atoms with Gasteiger partial charge >= 0.3 is 5.69 Å². The van der Waals surface area contributed by atoms with Crippen molar-refractivity contribution in [3.63, 3.8) is 0 Å². The van der Waals surface area contributed by atoms with E-state index < -0.39 is 6.10 Å². The van der Waals surface area contributed by atoms with Crippen molar-refractivity contribution < 1.29 is 5.11 Å². The molecular weight excluding hydrogens is 262 g/mol. The van der Waals surface area contributed by atoms with E-state index in [9.17, 15) is 9.90 Å². The van der Waals surface area contributed by atoms with Crippen LogP contribution in [-0.4, -0.2) is 30.7 Å². The molecule has 2 aromatic heterocycles. The Balaban J connectivity index is 2.45. The standard InChI is InChI=1S/C9H10BrN3O2/c10-5-7(14)6-13-9(15)12-4-2-1-3-8(12)11-13/h1-4,7,14H,5-6H2. The van der Waals surface area contributed by atoms with Gasteiger partial charge in [-0.05, 0) is 12.1 Å². The molecule has 80 valence electrons. The molecule has 6 heteroatoms. The summed E-state index contributed by atoms with van der Waals surface area (Å²) in [4.78, 5) is 11.7. The number of fused-ring (bicyclic) bond motifs is 1. The van der Waals surface area contributed by atoms with Crippen LogP contribution in [0.2, 0.25) is 0 Å². The normalized spacial score (nSPS) is 13.2. The summed E-state index contributed by atoms with van der Waals surface area (Å²) in [6.45, 7) is 0.200. The lowest BCUT2D eigenvalue weighted by Crippen LogP contribution is -2.27. The lowest BCUT2D eigenvalue weighted by molar-refractivity contribution is 0.172. The Kier molecular flexibility index (Phi) is 2.88. The van der Waals surface area contributed by atoms with Crippen molar-refractivity contribution >= 4 is 21.6 Å². The van der Waals surface area contributed by atoms with Crippen molar-refractivity contribution in [2.45, 2.75) is 12.6 Å². The zero-order valence-electron chi connectivity index (χ0n) is 7.88. The number of aromatic nitrogens is 3. The van der Waals surface area contributed by atoms with Gasteiger partial charge in [0.05, 0.1) is 12.6 Å². The topological polar surface area (TPSA) is 59.5 Å². The fraction of sp³-hybridized carbons (Fsp3) is 0.333. The van der Waals surface area contributed by atoms with Gasteiger partial charge in [0.25, 0.3) is 0 Å². The highest BCUT2D eigenvalue weighted by atomic mass is 79.9. The van der Waals surface area contributed by atoms with Crippen LogP contribution >= 0.6 is 15.9 Å². The van der Waals surface area contributed by atoms with Crippen LogP contribution in [0.4, 0.5) is 0 Å². The van der Waals surface area contributed by atoms with Gasteiger partial charge in [-0.25, -0.2) is 9.48 Å². The van der Waals surface area contributed by atoms with Crippen LogP contribution in [-0.2, 0) is 6.54 Å². The number of nitrogens with zero attached hydrogens (tertiary/aromatic N) is 3. The van der Waals surface area contributed by atoms with Crippen molar-refractivity contribution in [3.05, 3.63) is 34.9 Å². The second-order valence-electron chi connectivity index (χ2n) is 3.20. The van der Waals surface area contributed by atoms with Gasteiger partial charge in [-0.1, -0.05) is 22.0 Å². The van der Waals surface area contributed by atoms with Crippen molar-refractivity contribution in [3.8, 4) is 0 Å². The number of pyridine rings is 1. The van der Waals surface area contributed by atoms with E-state index in [1.807, 2.05) is 6.07 Å². The Bertz CT molecular complexity index is 519. The fourth-order valence-electron chi connectivity index (χ4n) is 1.34. The molecule has 0 aliphatic rings. The van der Waals surface area contributed by atoms with Crippen LogP contribution in [0.15, 0.2) is 29.2 Å². The smallest absolute Gasteiger partial charge is 0.350 e. The summed E-state index contributed by atoms with van der Waals surface area (Å²) in [5.41, 5.74) is 0.356. The molecule has 0 fully saturated rings. The summed E-state index contributed by atoms with van der Waals surface area (Å²) in [5, 5.41) is 13.9. The highest BCUT2D eigenvalue weighted by Gasteiger charge is 2.09. The number of halogens is 1. The van der Waals surface area contributed by atoms with Crippen LogP contribution in [0.1, 0.15) is 0 Å². The molecule has 1 unspecified atom stereocenters. The molecule has 15 heavy (non-hydrogen) atoms. The summed E-state index contributed by atoms with van der Waals surface area (Å²) in [6, 6.07) is 5.33. The molecule has 0 aliphatic carbocycles. The third-order valence-electron chi connectivity index (χ3n) is 2.05. The number of aliphatic hydroxyl groups is 1. The summed E-state index contributed by atoms with van der Waals surface area (Å²) in [7, 11) is 0. The molecule has 0 aliphatic heterocycles. The van der Waals surface area contributed by atoms with Crippen LogP contribution in [0.25, 0.3) is 5.65 Å². The first kappa shape index (κ1) is 10.4. The van der Waals surface area contributed by atoms with E-state index in [-0.39, 0.29) is 12.2 Å². The predicted molar refractivity (Wildman–Crippen MR) is 59.3 cm³/mol. The van der Waals surface area contributed by atoms with Gasteiger partial charge in [-0.2, -0.15) is 0 Å². The second kappa shape index (κ2) is 4.16. The molecule has 0 spiro atoms. The summed E-state index contributed by atoms with van der Waals surface area (Å²) in [5.74, 6) is 0. The largest absolute Gasteiger partial charge is 0.390 e. The second-order valence-corrected chi connectivity index (χ2v) is 3.85. The number of hydrogen-bond donors (Lipinski definition) is 1. The van der Waals surface area contributed by atoms with Crippen molar-refractivity contribution in [2.75, 3.05) is 5.33 Å². The van der Waals surface area contributed by atoms with Crippen molar-refractivity contribution in [1.82, 2.24) is 14.2 Å². The highest BCUT2D eigenvalue weighted by molar-refractivity contribution is 9.09.